The number of ether oxygens (including phenoxy) is 2. The lowest BCUT2D eigenvalue weighted by atomic mass is 9.90. The molecule has 5 heterocycles. The van der Waals surface area contributed by atoms with Gasteiger partial charge in [0.15, 0.2) is 0 Å². The van der Waals surface area contributed by atoms with Crippen LogP contribution in [-0.2, 0) is 19.1 Å². The predicted molar refractivity (Wildman–Crippen MR) is 225 cm³/mol. The zero-order chi connectivity index (χ0) is 41.9. The molecule has 0 radical (unpaired) electrons. The third-order valence-corrected chi connectivity index (χ3v) is 12.2. The van der Waals surface area contributed by atoms with Crippen molar-refractivity contribution < 1.29 is 33.8 Å². The van der Waals surface area contributed by atoms with Crippen LogP contribution in [0.5, 0.6) is 0 Å². The molecule has 4 unspecified atom stereocenters. The molecule has 8 rings (SSSR count). The number of aromatic amines is 2. The Labute approximate surface area is 348 Å². The Kier molecular flexibility index (Phi) is 11.9. The molecule has 0 spiro atoms. The number of benzene rings is 3. The van der Waals surface area contributed by atoms with E-state index in [4.69, 9.17) is 19.4 Å². The first-order valence-corrected chi connectivity index (χ1v) is 20.9. The molecule has 0 bridgehead atoms. The second-order valence-electron chi connectivity index (χ2n) is 16.3. The Morgan fingerprint density at radius 1 is 0.733 bits per heavy atom. The van der Waals surface area contributed by atoms with E-state index in [0.29, 0.717) is 45.0 Å². The predicted octanol–water partition coefficient (Wildman–Crippen LogP) is 7.06. The zero-order valence-electron chi connectivity index (χ0n) is 34.1. The van der Waals surface area contributed by atoms with Gasteiger partial charge in [0.1, 0.15) is 23.7 Å². The largest absolute Gasteiger partial charge is 0.465 e. The van der Waals surface area contributed by atoms with E-state index >= 15 is 0 Å². The zero-order valence-corrected chi connectivity index (χ0v) is 34.1. The standard InChI is InChI=1S/C45H52N8O7/c1-26(2)38(51-45(58)59-3)42(54)52-18-4-6-36(52)41-47-25-35(49-41)33-15-14-31-22-30(12-13-32(31)23-33)27-8-10-28(11-9-27)34-24-46-40(48-34)37-7-5-19-53(37)43(55)39(50-44(56)57)29-16-20-60-21-17-29/h8-15,22-26,29,36-39,50H,4-7,16-21H2,1-3H3,(H,46,48)(H,47,49)(H,51,58)(H,56,57). The number of hydrogen-bond acceptors (Lipinski definition) is 8. The summed E-state index contributed by atoms with van der Waals surface area (Å²) in [6.07, 6.45) is 6.24. The van der Waals surface area contributed by atoms with Crippen molar-refractivity contribution in [1.29, 1.82) is 0 Å². The number of fused-ring (bicyclic) bond motifs is 1. The van der Waals surface area contributed by atoms with Crippen LogP contribution in [0, 0.1) is 11.8 Å². The summed E-state index contributed by atoms with van der Waals surface area (Å²) in [5.41, 5.74) is 5.81. The lowest BCUT2D eigenvalue weighted by Crippen LogP contribution is -2.52. The maximum Gasteiger partial charge on any atom is 0.407 e. The molecular weight excluding hydrogens is 765 g/mol. The molecule has 0 aliphatic carbocycles. The minimum absolute atomic E-state index is 0.108. The van der Waals surface area contributed by atoms with Crippen LogP contribution in [0.4, 0.5) is 9.59 Å². The summed E-state index contributed by atoms with van der Waals surface area (Å²) in [4.78, 5) is 71.0. The normalized spacial score (nSPS) is 19.4. The van der Waals surface area contributed by atoms with E-state index in [2.05, 4.69) is 81.3 Å². The number of likely N-dealkylation sites (tertiary alicyclic amines) is 2. The summed E-state index contributed by atoms with van der Waals surface area (Å²) < 4.78 is 10.2. The van der Waals surface area contributed by atoms with Crippen LogP contribution >= 0.6 is 0 Å². The SMILES string of the molecule is COC(=O)NC(C(=O)N1CCCC1c1ncc(-c2ccc3cc(-c4ccc(-c5cnc(C6CCCN6C(=O)C(NC(=O)O)C6CCOCC6)[nH]5)cc4)ccc3c2)[nH]1)C(C)C. The number of nitrogens with zero attached hydrogens (tertiary/aromatic N) is 4. The van der Waals surface area contributed by atoms with Gasteiger partial charge in [-0.05, 0) is 90.0 Å². The third-order valence-electron chi connectivity index (χ3n) is 12.2. The van der Waals surface area contributed by atoms with E-state index in [0.717, 1.165) is 75.9 Å². The van der Waals surface area contributed by atoms with Gasteiger partial charge < -0.3 is 45.0 Å². The molecule has 3 saturated heterocycles. The Hall–Kier alpha value is -6.22. The van der Waals surface area contributed by atoms with Crippen molar-refractivity contribution >= 4 is 34.8 Å². The third kappa shape index (κ3) is 8.44. The van der Waals surface area contributed by atoms with Gasteiger partial charge >= 0.3 is 12.2 Å². The van der Waals surface area contributed by atoms with Crippen molar-refractivity contribution in [3.63, 3.8) is 0 Å². The highest BCUT2D eigenvalue weighted by molar-refractivity contribution is 5.91. The first kappa shape index (κ1) is 40.6. The van der Waals surface area contributed by atoms with Gasteiger partial charge in [0, 0.05) is 31.9 Å². The molecule has 60 heavy (non-hydrogen) atoms. The van der Waals surface area contributed by atoms with E-state index in [1.165, 1.54) is 7.11 Å². The summed E-state index contributed by atoms with van der Waals surface area (Å²) in [5, 5.41) is 16.9. The average Bonchev–Trinajstić information content (AvgIpc) is 4.11. The molecule has 3 aliphatic heterocycles. The number of carbonyl (C=O) groups is 4. The molecule has 15 heteroatoms. The highest BCUT2D eigenvalue weighted by atomic mass is 16.5. The fourth-order valence-electron chi connectivity index (χ4n) is 8.99. The molecule has 3 fully saturated rings. The number of rotatable bonds is 11. The van der Waals surface area contributed by atoms with Crippen LogP contribution in [0.1, 0.15) is 76.1 Å². The highest BCUT2D eigenvalue weighted by Crippen LogP contribution is 2.36. The Morgan fingerprint density at radius 2 is 1.27 bits per heavy atom. The number of imidazole rings is 2. The first-order chi connectivity index (χ1) is 29.1. The highest BCUT2D eigenvalue weighted by Gasteiger charge is 2.40. The van der Waals surface area contributed by atoms with Crippen LogP contribution in [0.2, 0.25) is 0 Å². The van der Waals surface area contributed by atoms with Gasteiger partial charge in [0.2, 0.25) is 11.8 Å². The lowest BCUT2D eigenvalue weighted by molar-refractivity contribution is -0.137. The molecule has 4 amide bonds. The first-order valence-electron chi connectivity index (χ1n) is 20.9. The van der Waals surface area contributed by atoms with E-state index in [1.54, 1.807) is 11.1 Å². The summed E-state index contributed by atoms with van der Waals surface area (Å²) >= 11 is 0. The van der Waals surface area contributed by atoms with Crippen molar-refractivity contribution in [1.82, 2.24) is 40.4 Å². The maximum absolute atomic E-state index is 13.8. The smallest absolute Gasteiger partial charge is 0.407 e. The van der Waals surface area contributed by atoms with Gasteiger partial charge in [-0.2, -0.15) is 0 Å². The number of alkyl carbamates (subject to hydrolysis) is 1. The Morgan fingerprint density at radius 3 is 1.85 bits per heavy atom. The van der Waals surface area contributed by atoms with Gasteiger partial charge in [0.25, 0.3) is 0 Å². The Bertz CT molecular complexity index is 2350. The van der Waals surface area contributed by atoms with Gasteiger partial charge in [-0.15, -0.1) is 0 Å². The molecular formula is C45H52N8O7. The van der Waals surface area contributed by atoms with Crippen molar-refractivity contribution in [2.45, 2.75) is 76.5 Å². The number of H-pyrrole nitrogens is 2. The van der Waals surface area contributed by atoms with Crippen LogP contribution < -0.4 is 10.6 Å². The van der Waals surface area contributed by atoms with Crippen LogP contribution in [-0.4, -0.2) is 104 Å². The number of amides is 4. The quantitative estimate of drug-likeness (QED) is 0.0928. The second-order valence-corrected chi connectivity index (χ2v) is 16.3. The minimum Gasteiger partial charge on any atom is -0.465 e. The van der Waals surface area contributed by atoms with Gasteiger partial charge in [-0.25, -0.2) is 19.6 Å². The van der Waals surface area contributed by atoms with Crippen molar-refractivity contribution in [3.05, 3.63) is 84.7 Å². The van der Waals surface area contributed by atoms with Crippen molar-refractivity contribution in [2.75, 3.05) is 33.4 Å². The van der Waals surface area contributed by atoms with Gasteiger partial charge in [0.05, 0.1) is 43.0 Å². The second kappa shape index (κ2) is 17.6. The van der Waals surface area contributed by atoms with Gasteiger partial charge in [-0.3, -0.25) is 9.59 Å². The van der Waals surface area contributed by atoms with Crippen LogP contribution in [0.25, 0.3) is 44.4 Å². The summed E-state index contributed by atoms with van der Waals surface area (Å²) in [6.45, 7) is 5.98. The van der Waals surface area contributed by atoms with E-state index in [1.807, 2.05) is 24.9 Å². The molecule has 15 nitrogen and oxygen atoms in total. The van der Waals surface area contributed by atoms with Crippen LogP contribution in [0.3, 0.4) is 0 Å². The molecule has 3 aliphatic rings. The molecule has 2 aromatic heterocycles. The van der Waals surface area contributed by atoms with Crippen molar-refractivity contribution in [2.24, 2.45) is 11.8 Å². The number of methoxy groups -OCH3 is 1. The topological polar surface area (TPSA) is 195 Å². The fourth-order valence-corrected chi connectivity index (χ4v) is 8.99. The minimum atomic E-state index is -1.20. The van der Waals surface area contributed by atoms with E-state index < -0.39 is 24.3 Å². The summed E-state index contributed by atoms with van der Waals surface area (Å²) in [5.74, 6) is 0.858. The van der Waals surface area contributed by atoms with Crippen molar-refractivity contribution in [3.8, 4) is 33.6 Å². The fraction of sp³-hybridized carbons (Fsp3) is 0.422. The summed E-state index contributed by atoms with van der Waals surface area (Å²) in [7, 11) is 1.29. The van der Waals surface area contributed by atoms with Gasteiger partial charge in [-0.1, -0.05) is 62.4 Å². The lowest BCUT2D eigenvalue weighted by Gasteiger charge is -2.33. The molecule has 0 saturated carbocycles. The molecule has 4 atom stereocenters. The van der Waals surface area contributed by atoms with Crippen LogP contribution in [0.15, 0.2) is 73.1 Å². The van der Waals surface area contributed by atoms with E-state index in [9.17, 15) is 24.3 Å². The number of aromatic nitrogens is 4. The number of carboxylic acid groups (broad SMARTS) is 1. The van der Waals surface area contributed by atoms with E-state index in [-0.39, 0.29) is 35.7 Å². The summed E-state index contributed by atoms with van der Waals surface area (Å²) in [6, 6.07) is 19.0. The monoisotopic (exact) mass is 816 g/mol. The average molecular weight is 817 g/mol. The Balaban J connectivity index is 0.935. The number of hydrogen-bond donors (Lipinski definition) is 5. The maximum atomic E-state index is 13.8. The molecule has 3 aromatic carbocycles. The molecule has 5 N–H and O–H groups in total. The number of carbonyl (C=O) groups excluding carboxylic acids is 3. The molecule has 5 aromatic rings. The molecule has 314 valence electrons. The number of nitrogens with one attached hydrogen (secondary N) is 4.